The second-order valence-electron chi connectivity index (χ2n) is 14.6. The Kier molecular flexibility index (Phi) is 29.5. The lowest BCUT2D eigenvalue weighted by atomic mass is 9.98. The zero-order chi connectivity index (χ0) is 45.4. The SMILES string of the molecule is CC/C=C/C=C/C=C/C=C/C=C/CCCC(=O)OC(COC(=O)CCCCC/C=C/C=C/C=C/C=C/CC)CO[C@@H]1O[C@H](CO[C@@H]2O[C@H](CO)[C@H](O)C(O)C2O)[C@H](O)C(O)C1O. The molecular formula is C47H70O15. The summed E-state index contributed by atoms with van der Waals surface area (Å²) in [5.41, 5.74) is 0. The Morgan fingerprint density at radius 3 is 1.53 bits per heavy atom. The van der Waals surface area contributed by atoms with Crippen LogP contribution in [0, 0.1) is 0 Å². The van der Waals surface area contributed by atoms with E-state index in [1.807, 2.05) is 91.1 Å². The number of carbonyl (C=O) groups is 2. The zero-order valence-electron chi connectivity index (χ0n) is 36.0. The molecular weight excluding hydrogens is 805 g/mol. The Balaban J connectivity index is 1.94. The van der Waals surface area contributed by atoms with Crippen molar-refractivity contribution in [2.75, 3.05) is 26.4 Å². The lowest BCUT2D eigenvalue weighted by molar-refractivity contribution is -0.332. The third-order valence-corrected chi connectivity index (χ3v) is 9.47. The molecule has 0 saturated carbocycles. The van der Waals surface area contributed by atoms with Crippen molar-refractivity contribution in [2.45, 2.75) is 146 Å². The molecule has 62 heavy (non-hydrogen) atoms. The molecule has 0 aromatic rings. The normalized spacial score (nSPS) is 28.1. The van der Waals surface area contributed by atoms with E-state index in [4.69, 9.17) is 28.4 Å². The summed E-state index contributed by atoms with van der Waals surface area (Å²) in [6, 6.07) is 0. The van der Waals surface area contributed by atoms with Gasteiger partial charge in [-0.15, -0.1) is 0 Å². The van der Waals surface area contributed by atoms with Crippen molar-refractivity contribution < 1.29 is 73.8 Å². The number of hydrogen-bond donors (Lipinski definition) is 7. The van der Waals surface area contributed by atoms with Crippen molar-refractivity contribution in [3.05, 3.63) is 109 Å². The van der Waals surface area contributed by atoms with Gasteiger partial charge in [-0.3, -0.25) is 9.59 Å². The molecule has 2 aliphatic rings. The molecule has 2 fully saturated rings. The topological polar surface area (TPSA) is 231 Å². The van der Waals surface area contributed by atoms with Gasteiger partial charge in [0.05, 0.1) is 19.8 Å². The predicted molar refractivity (Wildman–Crippen MR) is 233 cm³/mol. The van der Waals surface area contributed by atoms with Crippen molar-refractivity contribution in [2.24, 2.45) is 0 Å². The minimum Gasteiger partial charge on any atom is -0.462 e. The highest BCUT2D eigenvalue weighted by Crippen LogP contribution is 2.26. The van der Waals surface area contributed by atoms with Gasteiger partial charge >= 0.3 is 11.9 Å². The molecule has 5 unspecified atom stereocenters. The first-order valence-electron chi connectivity index (χ1n) is 21.6. The summed E-state index contributed by atoms with van der Waals surface area (Å²) < 4.78 is 33.2. The molecule has 2 heterocycles. The van der Waals surface area contributed by atoms with Crippen LogP contribution in [0.2, 0.25) is 0 Å². The molecule has 0 radical (unpaired) electrons. The highest BCUT2D eigenvalue weighted by molar-refractivity contribution is 5.70. The van der Waals surface area contributed by atoms with E-state index in [9.17, 15) is 45.3 Å². The maximum absolute atomic E-state index is 12.9. The Morgan fingerprint density at radius 1 is 0.516 bits per heavy atom. The van der Waals surface area contributed by atoms with Gasteiger partial charge in [0.25, 0.3) is 0 Å². The fourth-order valence-corrected chi connectivity index (χ4v) is 5.90. The summed E-state index contributed by atoms with van der Waals surface area (Å²) in [6.45, 7) is 2.11. The maximum Gasteiger partial charge on any atom is 0.306 e. The van der Waals surface area contributed by atoms with Gasteiger partial charge in [-0.1, -0.05) is 130 Å². The Hall–Kier alpha value is -3.84. The van der Waals surface area contributed by atoms with Gasteiger partial charge in [-0.2, -0.15) is 0 Å². The number of aliphatic hydroxyl groups excluding tert-OH is 7. The summed E-state index contributed by atoms with van der Waals surface area (Å²) in [5.74, 6) is -1.08. The maximum atomic E-state index is 12.9. The van der Waals surface area contributed by atoms with Gasteiger partial charge < -0.3 is 64.2 Å². The van der Waals surface area contributed by atoms with E-state index in [0.717, 1.165) is 32.1 Å². The Bertz CT molecular complexity index is 1500. The first kappa shape index (κ1) is 54.3. The summed E-state index contributed by atoms with van der Waals surface area (Å²) in [5, 5.41) is 71.8. The van der Waals surface area contributed by atoms with Crippen LogP contribution in [0.3, 0.4) is 0 Å². The second kappa shape index (κ2) is 33.7. The van der Waals surface area contributed by atoms with Crippen molar-refractivity contribution in [1.29, 1.82) is 0 Å². The molecule has 7 N–H and O–H groups in total. The standard InChI is InChI=1S/C47H70O15/c1-3-5-7-9-11-13-15-17-19-21-23-25-27-29-38(49)57-32-35(60-39(50)30-28-26-24-22-20-18-16-14-12-10-8-6-4-2)33-58-46-45(56)43(54)41(52)37(62-46)34-59-47-44(55)42(53)40(51)36(31-48)61-47/h5-20,22,24,35-37,40-48,51-56H,3-4,21,23,25-34H2,1-2H3/b7-5+,8-6+,11-9+,12-10+,15-13+,16-14+,19-17+,20-18+,24-22+/t35?,36-,37-,40+,41+,42?,43?,44?,45?,46-,47-/m1/s1. The average Bonchev–Trinajstić information content (AvgIpc) is 3.26. The number of allylic oxidation sites excluding steroid dienone is 18. The van der Waals surface area contributed by atoms with E-state index in [-0.39, 0.29) is 19.4 Å². The van der Waals surface area contributed by atoms with E-state index in [1.165, 1.54) is 0 Å². The van der Waals surface area contributed by atoms with Crippen LogP contribution in [0.5, 0.6) is 0 Å². The molecule has 11 atom stereocenters. The second-order valence-corrected chi connectivity index (χ2v) is 14.6. The number of rotatable bonds is 29. The summed E-state index contributed by atoms with van der Waals surface area (Å²) in [4.78, 5) is 25.5. The van der Waals surface area contributed by atoms with Crippen molar-refractivity contribution in [3.8, 4) is 0 Å². The largest absolute Gasteiger partial charge is 0.462 e. The fourth-order valence-electron chi connectivity index (χ4n) is 5.90. The summed E-state index contributed by atoms with van der Waals surface area (Å²) in [7, 11) is 0. The van der Waals surface area contributed by atoms with Gasteiger partial charge in [-0.05, 0) is 44.9 Å². The highest BCUT2D eigenvalue weighted by atomic mass is 16.7. The van der Waals surface area contributed by atoms with Crippen LogP contribution in [0.15, 0.2) is 109 Å². The van der Waals surface area contributed by atoms with E-state index in [1.54, 1.807) is 0 Å². The number of unbranched alkanes of at least 4 members (excludes halogenated alkanes) is 4. The number of carbonyl (C=O) groups excluding carboxylic acids is 2. The van der Waals surface area contributed by atoms with Gasteiger partial charge in [0.15, 0.2) is 18.7 Å². The lowest BCUT2D eigenvalue weighted by Gasteiger charge is -2.42. The molecule has 2 rings (SSSR count). The van der Waals surface area contributed by atoms with E-state index < -0.39 is 99.3 Å². The number of ether oxygens (including phenoxy) is 6. The van der Waals surface area contributed by atoms with Crippen LogP contribution < -0.4 is 0 Å². The number of aliphatic hydroxyl groups is 7. The van der Waals surface area contributed by atoms with Gasteiger partial charge in [0.2, 0.25) is 0 Å². The van der Waals surface area contributed by atoms with E-state index in [2.05, 4.69) is 32.1 Å². The molecule has 0 aromatic heterocycles. The van der Waals surface area contributed by atoms with Crippen LogP contribution in [0.4, 0.5) is 0 Å². The molecule has 15 heteroatoms. The van der Waals surface area contributed by atoms with Gasteiger partial charge in [0, 0.05) is 12.8 Å². The number of esters is 2. The molecule has 0 spiro atoms. The van der Waals surface area contributed by atoms with Gasteiger partial charge in [0.1, 0.15) is 55.4 Å². The zero-order valence-corrected chi connectivity index (χ0v) is 36.0. The van der Waals surface area contributed by atoms with Crippen molar-refractivity contribution in [3.63, 3.8) is 0 Å². The molecule has 0 aromatic carbocycles. The monoisotopic (exact) mass is 874 g/mol. The quantitative estimate of drug-likeness (QED) is 0.0320. The average molecular weight is 875 g/mol. The van der Waals surface area contributed by atoms with Crippen molar-refractivity contribution in [1.82, 2.24) is 0 Å². The first-order valence-corrected chi connectivity index (χ1v) is 21.6. The molecule has 2 saturated heterocycles. The molecule has 0 bridgehead atoms. The third kappa shape index (κ3) is 22.5. The van der Waals surface area contributed by atoms with Crippen LogP contribution >= 0.6 is 0 Å². The molecule has 2 aliphatic heterocycles. The Labute approximate surface area is 366 Å². The van der Waals surface area contributed by atoms with Crippen LogP contribution in [-0.4, -0.2) is 142 Å². The molecule has 0 aliphatic carbocycles. The van der Waals surface area contributed by atoms with E-state index >= 15 is 0 Å². The molecule has 15 nitrogen and oxygen atoms in total. The molecule has 348 valence electrons. The van der Waals surface area contributed by atoms with Crippen molar-refractivity contribution >= 4 is 11.9 Å². The number of hydrogen-bond acceptors (Lipinski definition) is 15. The smallest absolute Gasteiger partial charge is 0.306 e. The highest BCUT2D eigenvalue weighted by Gasteiger charge is 2.47. The predicted octanol–water partition coefficient (Wildman–Crippen LogP) is 4.03. The minimum atomic E-state index is -1.79. The molecule has 0 amide bonds. The fraction of sp³-hybridized carbons (Fsp3) is 0.574. The van der Waals surface area contributed by atoms with Crippen LogP contribution in [0.1, 0.15) is 78.1 Å². The first-order chi connectivity index (χ1) is 30.0. The third-order valence-electron chi connectivity index (χ3n) is 9.47. The van der Waals surface area contributed by atoms with E-state index in [0.29, 0.717) is 19.3 Å². The summed E-state index contributed by atoms with van der Waals surface area (Å²) >= 11 is 0. The van der Waals surface area contributed by atoms with Crippen LogP contribution in [0.25, 0.3) is 0 Å². The lowest BCUT2D eigenvalue weighted by Crippen LogP contribution is -2.61. The van der Waals surface area contributed by atoms with Crippen LogP contribution in [-0.2, 0) is 38.0 Å². The Morgan fingerprint density at radius 2 is 0.984 bits per heavy atom. The minimum absolute atomic E-state index is 0.0521. The van der Waals surface area contributed by atoms with Gasteiger partial charge in [-0.25, -0.2) is 0 Å². The summed E-state index contributed by atoms with van der Waals surface area (Å²) in [6.07, 6.45) is 24.4.